The Morgan fingerprint density at radius 3 is 2.81 bits per heavy atom. The molecule has 0 aliphatic carbocycles. The van der Waals surface area contributed by atoms with E-state index < -0.39 is 21.2 Å². The Morgan fingerprint density at radius 2 is 2.12 bits per heavy atom. The van der Waals surface area contributed by atoms with Crippen LogP contribution in [0.25, 0.3) is 10.9 Å². The van der Waals surface area contributed by atoms with Crippen molar-refractivity contribution >= 4 is 49.7 Å². The molecule has 4 rings (SSSR count). The fraction of sp³-hybridized carbons (Fsp3) is 0.238. The SMILES string of the molecule is COc1cccc(C(=O)O)c1Nc1c(S(=O)(=O)C2CNCCO2)cnc2ccc(Cl)cc12. The predicted molar refractivity (Wildman–Crippen MR) is 120 cm³/mol. The summed E-state index contributed by atoms with van der Waals surface area (Å²) in [4.78, 5) is 16.0. The Bertz CT molecular complexity index is 1290. The molecule has 32 heavy (non-hydrogen) atoms. The minimum Gasteiger partial charge on any atom is -0.495 e. The standard InChI is InChI=1S/C21H20ClN3O6S/c1-30-16-4-2-3-13(21(26)27)19(16)25-20-14-9-12(22)5-6-15(14)24-10-17(20)32(28,29)18-11-23-7-8-31-18/h2-6,9-10,18,23H,7-8,11H2,1H3,(H,24,25)(H,26,27). The number of nitrogens with zero attached hydrogens (tertiary/aromatic N) is 1. The average Bonchev–Trinajstić information content (AvgIpc) is 2.79. The summed E-state index contributed by atoms with van der Waals surface area (Å²) in [6, 6.07) is 9.36. The number of benzene rings is 2. The zero-order chi connectivity index (χ0) is 22.9. The Labute approximate surface area is 189 Å². The molecule has 1 aromatic heterocycles. The number of methoxy groups -OCH3 is 1. The summed E-state index contributed by atoms with van der Waals surface area (Å²) in [5, 5.41) is 16.5. The molecular formula is C21H20ClN3O6S. The fourth-order valence-corrected chi connectivity index (χ4v) is 5.22. The number of nitrogens with one attached hydrogen (secondary N) is 2. The van der Waals surface area contributed by atoms with E-state index >= 15 is 0 Å². The van der Waals surface area contributed by atoms with Crippen molar-refractivity contribution in [3.8, 4) is 5.75 Å². The van der Waals surface area contributed by atoms with Crippen LogP contribution >= 0.6 is 11.6 Å². The summed E-state index contributed by atoms with van der Waals surface area (Å²) in [5.74, 6) is -0.970. The van der Waals surface area contributed by atoms with Gasteiger partial charge in [0.05, 0.1) is 36.2 Å². The number of hydrogen-bond acceptors (Lipinski definition) is 8. The Hall–Kier alpha value is -2.92. The molecule has 3 N–H and O–H groups in total. The second-order valence-electron chi connectivity index (χ2n) is 7.02. The van der Waals surface area contributed by atoms with E-state index in [0.717, 1.165) is 0 Å². The molecule has 2 heterocycles. The van der Waals surface area contributed by atoms with Gasteiger partial charge < -0.3 is 25.2 Å². The van der Waals surface area contributed by atoms with E-state index in [1.54, 1.807) is 24.3 Å². The maximum atomic E-state index is 13.5. The number of sulfone groups is 1. The van der Waals surface area contributed by atoms with Gasteiger partial charge >= 0.3 is 5.97 Å². The van der Waals surface area contributed by atoms with Crippen LogP contribution in [0.4, 0.5) is 11.4 Å². The summed E-state index contributed by atoms with van der Waals surface area (Å²) in [6.07, 6.45) is 1.24. The number of carboxylic acid groups (broad SMARTS) is 1. The van der Waals surface area contributed by atoms with Crippen LogP contribution in [-0.4, -0.2) is 56.7 Å². The van der Waals surface area contributed by atoms with Crippen molar-refractivity contribution in [1.82, 2.24) is 10.3 Å². The van der Waals surface area contributed by atoms with E-state index in [0.29, 0.717) is 22.5 Å². The zero-order valence-electron chi connectivity index (χ0n) is 17.0. The highest BCUT2D eigenvalue weighted by Gasteiger charge is 2.33. The molecule has 2 aromatic carbocycles. The normalized spacial score (nSPS) is 16.6. The van der Waals surface area contributed by atoms with Gasteiger partial charge in [-0.25, -0.2) is 13.2 Å². The van der Waals surface area contributed by atoms with Gasteiger partial charge in [0.15, 0.2) is 5.44 Å². The van der Waals surface area contributed by atoms with E-state index in [4.69, 9.17) is 21.1 Å². The molecule has 11 heteroatoms. The molecule has 1 fully saturated rings. The number of ether oxygens (including phenoxy) is 2. The van der Waals surface area contributed by atoms with Crippen LogP contribution in [0.5, 0.6) is 5.75 Å². The van der Waals surface area contributed by atoms with Gasteiger partial charge in [0.1, 0.15) is 10.6 Å². The molecule has 0 saturated carbocycles. The number of morpholine rings is 1. The van der Waals surface area contributed by atoms with E-state index in [9.17, 15) is 18.3 Å². The molecule has 3 aromatic rings. The molecule has 1 saturated heterocycles. The molecule has 0 bridgehead atoms. The summed E-state index contributed by atoms with van der Waals surface area (Å²) in [5.41, 5.74) is -0.486. The van der Waals surface area contributed by atoms with Gasteiger partial charge in [-0.15, -0.1) is 0 Å². The smallest absolute Gasteiger partial charge is 0.337 e. The fourth-order valence-electron chi connectivity index (χ4n) is 3.51. The van der Waals surface area contributed by atoms with Crippen molar-refractivity contribution in [2.24, 2.45) is 0 Å². The van der Waals surface area contributed by atoms with E-state index in [-0.39, 0.29) is 40.7 Å². The van der Waals surface area contributed by atoms with Crippen molar-refractivity contribution in [2.75, 3.05) is 32.1 Å². The number of fused-ring (bicyclic) bond motifs is 1. The Kier molecular flexibility index (Phi) is 6.20. The number of aromatic nitrogens is 1. The van der Waals surface area contributed by atoms with E-state index in [1.807, 2.05) is 0 Å². The number of pyridine rings is 1. The van der Waals surface area contributed by atoms with Crippen LogP contribution in [-0.2, 0) is 14.6 Å². The third kappa shape index (κ3) is 4.09. The van der Waals surface area contributed by atoms with Gasteiger partial charge in [-0.05, 0) is 30.3 Å². The summed E-state index contributed by atoms with van der Waals surface area (Å²) >= 11 is 6.19. The number of rotatable bonds is 6. The van der Waals surface area contributed by atoms with Gasteiger partial charge in [0.25, 0.3) is 0 Å². The molecule has 1 aliphatic heterocycles. The molecule has 1 unspecified atom stereocenters. The second-order valence-corrected chi connectivity index (χ2v) is 9.51. The quantitative estimate of drug-likeness (QED) is 0.490. The van der Waals surface area contributed by atoms with Crippen molar-refractivity contribution in [3.05, 3.63) is 53.2 Å². The van der Waals surface area contributed by atoms with Crippen LogP contribution < -0.4 is 15.4 Å². The van der Waals surface area contributed by atoms with Gasteiger partial charge in [-0.1, -0.05) is 17.7 Å². The lowest BCUT2D eigenvalue weighted by Gasteiger charge is -2.25. The summed E-state index contributed by atoms with van der Waals surface area (Å²) in [7, 11) is -2.62. The van der Waals surface area contributed by atoms with Crippen LogP contribution in [0.15, 0.2) is 47.5 Å². The van der Waals surface area contributed by atoms with Crippen molar-refractivity contribution in [3.63, 3.8) is 0 Å². The van der Waals surface area contributed by atoms with Crippen molar-refractivity contribution in [1.29, 1.82) is 0 Å². The maximum absolute atomic E-state index is 13.5. The number of halogens is 1. The first-order valence-corrected chi connectivity index (χ1v) is 11.6. The Morgan fingerprint density at radius 1 is 1.31 bits per heavy atom. The van der Waals surface area contributed by atoms with Crippen molar-refractivity contribution < 1.29 is 27.8 Å². The monoisotopic (exact) mass is 477 g/mol. The van der Waals surface area contributed by atoms with Crippen LogP contribution in [0, 0.1) is 0 Å². The highest BCUT2D eigenvalue weighted by Crippen LogP contribution is 2.39. The zero-order valence-corrected chi connectivity index (χ0v) is 18.5. The first-order valence-electron chi connectivity index (χ1n) is 9.64. The molecule has 0 amide bonds. The largest absolute Gasteiger partial charge is 0.495 e. The molecule has 9 nitrogen and oxygen atoms in total. The summed E-state index contributed by atoms with van der Waals surface area (Å²) < 4.78 is 37.8. The molecule has 1 aliphatic rings. The first kappa shape index (κ1) is 22.3. The minimum atomic E-state index is -4.01. The number of aromatic carboxylic acids is 1. The highest BCUT2D eigenvalue weighted by molar-refractivity contribution is 7.92. The lowest BCUT2D eigenvalue weighted by molar-refractivity contribution is 0.0697. The molecule has 0 spiro atoms. The third-order valence-corrected chi connectivity index (χ3v) is 7.22. The van der Waals surface area contributed by atoms with Crippen LogP contribution in [0.2, 0.25) is 5.02 Å². The number of carboxylic acids is 1. The molecule has 168 valence electrons. The van der Waals surface area contributed by atoms with E-state index in [2.05, 4.69) is 15.6 Å². The first-order chi connectivity index (χ1) is 15.3. The summed E-state index contributed by atoms with van der Waals surface area (Å²) in [6.45, 7) is 0.908. The number of anilines is 2. The third-order valence-electron chi connectivity index (χ3n) is 5.07. The molecular weight excluding hydrogens is 458 g/mol. The van der Waals surface area contributed by atoms with Gasteiger partial charge in [0.2, 0.25) is 9.84 Å². The highest BCUT2D eigenvalue weighted by atomic mass is 35.5. The number of hydrogen-bond donors (Lipinski definition) is 3. The topological polar surface area (TPSA) is 127 Å². The van der Waals surface area contributed by atoms with Gasteiger partial charge in [0, 0.05) is 29.7 Å². The minimum absolute atomic E-state index is 0.0877. The molecule has 1 atom stereocenters. The van der Waals surface area contributed by atoms with Crippen molar-refractivity contribution in [2.45, 2.75) is 10.3 Å². The molecule has 0 radical (unpaired) electrons. The number of carbonyl (C=O) groups is 1. The number of para-hydroxylation sites is 1. The van der Waals surface area contributed by atoms with E-state index in [1.165, 1.54) is 25.4 Å². The second kappa shape index (κ2) is 8.91. The lowest BCUT2D eigenvalue weighted by Crippen LogP contribution is -2.43. The lowest BCUT2D eigenvalue weighted by atomic mass is 10.1. The van der Waals surface area contributed by atoms with Crippen LogP contribution in [0.3, 0.4) is 0 Å². The predicted octanol–water partition coefficient (Wildman–Crippen LogP) is 3.06. The van der Waals surface area contributed by atoms with Gasteiger partial charge in [-0.2, -0.15) is 0 Å². The van der Waals surface area contributed by atoms with Crippen LogP contribution in [0.1, 0.15) is 10.4 Å². The average molecular weight is 478 g/mol. The maximum Gasteiger partial charge on any atom is 0.337 e. The Balaban J connectivity index is 1.97. The van der Waals surface area contributed by atoms with Gasteiger partial charge in [-0.3, -0.25) is 4.98 Å².